The third kappa shape index (κ3) is 3.69. The lowest BCUT2D eigenvalue weighted by atomic mass is 10.3. The Labute approximate surface area is 136 Å². The monoisotopic (exact) mass is 342 g/mol. The standard InChI is InChI=1S/C15H17F3N4S/c16-11-1-3-12(4-2-11)22-13(5-7-19)20-21-14(22)23-8-6-10-9-15(10,17)18/h1-4,10H,5-9,19H2/t10-/m0/s1. The molecule has 1 aliphatic rings. The minimum atomic E-state index is -2.49. The Balaban J connectivity index is 1.75. The zero-order valence-corrected chi connectivity index (χ0v) is 13.2. The fourth-order valence-electron chi connectivity index (χ4n) is 2.41. The minimum Gasteiger partial charge on any atom is -0.330 e. The van der Waals surface area contributed by atoms with Crippen LogP contribution in [-0.4, -0.2) is 33.0 Å². The number of benzene rings is 1. The van der Waals surface area contributed by atoms with E-state index in [1.807, 2.05) is 4.57 Å². The van der Waals surface area contributed by atoms with Gasteiger partial charge < -0.3 is 5.73 Å². The van der Waals surface area contributed by atoms with E-state index in [-0.39, 0.29) is 12.2 Å². The highest BCUT2D eigenvalue weighted by atomic mass is 32.2. The molecule has 1 aromatic heterocycles. The van der Waals surface area contributed by atoms with Crippen molar-refractivity contribution in [3.63, 3.8) is 0 Å². The van der Waals surface area contributed by atoms with Crippen molar-refractivity contribution >= 4 is 11.8 Å². The second-order valence-corrected chi connectivity index (χ2v) is 6.61. The summed E-state index contributed by atoms with van der Waals surface area (Å²) in [6.07, 6.45) is 0.961. The summed E-state index contributed by atoms with van der Waals surface area (Å²) in [7, 11) is 0. The average molecular weight is 342 g/mol. The van der Waals surface area contributed by atoms with Crippen molar-refractivity contribution in [3.8, 4) is 5.69 Å². The molecule has 2 aromatic rings. The first kappa shape index (κ1) is 16.3. The van der Waals surface area contributed by atoms with Gasteiger partial charge in [0, 0.05) is 30.2 Å². The average Bonchev–Trinajstić information content (AvgIpc) is 2.93. The van der Waals surface area contributed by atoms with Crippen LogP contribution in [0.25, 0.3) is 5.69 Å². The number of hydrogen-bond acceptors (Lipinski definition) is 4. The van der Waals surface area contributed by atoms with Crippen molar-refractivity contribution in [3.05, 3.63) is 35.9 Å². The van der Waals surface area contributed by atoms with Gasteiger partial charge in [-0.15, -0.1) is 10.2 Å². The fraction of sp³-hybridized carbons (Fsp3) is 0.467. The number of halogens is 3. The van der Waals surface area contributed by atoms with E-state index >= 15 is 0 Å². The Kier molecular flexibility index (Phi) is 4.63. The van der Waals surface area contributed by atoms with Crippen molar-refractivity contribution in [1.29, 1.82) is 0 Å². The van der Waals surface area contributed by atoms with Crippen LogP contribution < -0.4 is 5.73 Å². The SMILES string of the molecule is NCCc1nnc(SCC[C@H]2CC2(F)F)n1-c1ccc(F)cc1. The molecule has 0 unspecified atom stereocenters. The van der Waals surface area contributed by atoms with E-state index < -0.39 is 11.8 Å². The first-order valence-corrected chi connectivity index (χ1v) is 8.41. The van der Waals surface area contributed by atoms with Crippen LogP contribution in [0.1, 0.15) is 18.7 Å². The Morgan fingerprint density at radius 3 is 2.57 bits per heavy atom. The third-order valence-corrected chi connectivity index (χ3v) is 4.77. The largest absolute Gasteiger partial charge is 0.330 e. The molecular formula is C15H17F3N4S. The van der Waals surface area contributed by atoms with Crippen LogP contribution in [-0.2, 0) is 6.42 Å². The van der Waals surface area contributed by atoms with Crippen LogP contribution in [0.2, 0.25) is 0 Å². The highest BCUT2D eigenvalue weighted by Crippen LogP contribution is 2.51. The Morgan fingerprint density at radius 1 is 1.26 bits per heavy atom. The number of aromatic nitrogens is 3. The molecule has 1 aromatic carbocycles. The number of alkyl halides is 2. The molecule has 8 heteroatoms. The smallest absolute Gasteiger partial charge is 0.251 e. The summed E-state index contributed by atoms with van der Waals surface area (Å²) in [5, 5.41) is 8.86. The number of rotatable bonds is 7. The molecule has 0 saturated heterocycles. The van der Waals surface area contributed by atoms with Gasteiger partial charge in [0.25, 0.3) is 5.92 Å². The maximum atomic E-state index is 13.1. The molecule has 0 bridgehead atoms. The van der Waals surface area contributed by atoms with Gasteiger partial charge in [0.05, 0.1) is 0 Å². The van der Waals surface area contributed by atoms with Crippen LogP contribution >= 0.6 is 11.8 Å². The molecule has 0 radical (unpaired) electrons. The molecule has 2 N–H and O–H groups in total. The molecule has 0 aliphatic heterocycles. The van der Waals surface area contributed by atoms with Gasteiger partial charge in [0.2, 0.25) is 0 Å². The topological polar surface area (TPSA) is 56.7 Å². The Hall–Kier alpha value is -1.54. The lowest BCUT2D eigenvalue weighted by Gasteiger charge is -2.09. The Morgan fingerprint density at radius 2 is 1.96 bits per heavy atom. The van der Waals surface area contributed by atoms with Crippen molar-refractivity contribution < 1.29 is 13.2 Å². The second-order valence-electron chi connectivity index (χ2n) is 5.55. The van der Waals surface area contributed by atoms with Gasteiger partial charge in [-0.05, 0) is 37.2 Å². The zero-order chi connectivity index (χ0) is 16.4. The van der Waals surface area contributed by atoms with Crippen LogP contribution in [0.5, 0.6) is 0 Å². The summed E-state index contributed by atoms with van der Waals surface area (Å²) in [6, 6.07) is 6.00. The molecule has 0 spiro atoms. The number of hydrogen-bond donors (Lipinski definition) is 1. The van der Waals surface area contributed by atoms with Gasteiger partial charge >= 0.3 is 0 Å². The molecule has 1 fully saturated rings. The van der Waals surface area contributed by atoms with Gasteiger partial charge in [-0.3, -0.25) is 4.57 Å². The maximum absolute atomic E-state index is 13.1. The van der Waals surface area contributed by atoms with Gasteiger partial charge in [0.15, 0.2) is 5.16 Å². The molecule has 1 aliphatic carbocycles. The van der Waals surface area contributed by atoms with Crippen molar-refractivity contribution in [1.82, 2.24) is 14.8 Å². The second kappa shape index (κ2) is 6.52. The van der Waals surface area contributed by atoms with Gasteiger partial charge in [-0.2, -0.15) is 0 Å². The predicted octanol–water partition coefficient (Wildman–Crippen LogP) is 3.05. The molecule has 23 heavy (non-hydrogen) atoms. The number of thioether (sulfide) groups is 1. The molecule has 3 rings (SSSR count). The first-order chi connectivity index (χ1) is 11.0. The molecule has 1 atom stereocenters. The van der Waals surface area contributed by atoms with Crippen LogP contribution in [0.4, 0.5) is 13.2 Å². The summed E-state index contributed by atoms with van der Waals surface area (Å²) in [4.78, 5) is 0. The quantitative estimate of drug-likeness (QED) is 0.786. The molecule has 1 heterocycles. The highest BCUT2D eigenvalue weighted by Gasteiger charge is 2.55. The molecule has 0 amide bonds. The molecule has 1 saturated carbocycles. The Bertz CT molecular complexity index is 672. The van der Waals surface area contributed by atoms with Crippen molar-refractivity contribution in [2.24, 2.45) is 11.7 Å². The van der Waals surface area contributed by atoms with Gasteiger partial charge in [0.1, 0.15) is 11.6 Å². The molecule has 4 nitrogen and oxygen atoms in total. The lowest BCUT2D eigenvalue weighted by molar-refractivity contribution is 0.0983. The van der Waals surface area contributed by atoms with Crippen molar-refractivity contribution in [2.75, 3.05) is 12.3 Å². The summed E-state index contributed by atoms with van der Waals surface area (Å²) < 4.78 is 40.8. The van der Waals surface area contributed by atoms with Crippen LogP contribution in [0, 0.1) is 11.7 Å². The highest BCUT2D eigenvalue weighted by molar-refractivity contribution is 7.99. The van der Waals surface area contributed by atoms with Crippen LogP contribution in [0.15, 0.2) is 29.4 Å². The fourth-order valence-corrected chi connectivity index (χ4v) is 3.43. The van der Waals surface area contributed by atoms with Crippen molar-refractivity contribution in [2.45, 2.75) is 30.3 Å². The van der Waals surface area contributed by atoms with Gasteiger partial charge in [-0.1, -0.05) is 11.8 Å². The first-order valence-electron chi connectivity index (χ1n) is 7.42. The normalized spacial score (nSPS) is 19.0. The minimum absolute atomic E-state index is 0.0172. The van der Waals surface area contributed by atoms with E-state index in [0.29, 0.717) is 36.1 Å². The summed E-state index contributed by atoms with van der Waals surface area (Å²) in [6.45, 7) is 0.415. The molecule has 124 valence electrons. The third-order valence-electron chi connectivity index (χ3n) is 3.81. The number of nitrogens with two attached hydrogens (primary N) is 1. The maximum Gasteiger partial charge on any atom is 0.251 e. The molecular weight excluding hydrogens is 325 g/mol. The van der Waals surface area contributed by atoms with E-state index in [1.165, 1.54) is 23.9 Å². The van der Waals surface area contributed by atoms with E-state index in [0.717, 1.165) is 5.69 Å². The zero-order valence-electron chi connectivity index (χ0n) is 12.4. The van der Waals surface area contributed by atoms with Crippen LogP contribution in [0.3, 0.4) is 0 Å². The number of nitrogens with zero attached hydrogens (tertiary/aromatic N) is 3. The van der Waals surface area contributed by atoms with E-state index in [9.17, 15) is 13.2 Å². The summed E-state index contributed by atoms with van der Waals surface area (Å²) in [5.41, 5.74) is 6.32. The summed E-state index contributed by atoms with van der Waals surface area (Å²) >= 11 is 1.38. The van der Waals surface area contributed by atoms with E-state index in [1.54, 1.807) is 12.1 Å². The summed E-state index contributed by atoms with van der Waals surface area (Å²) in [5.74, 6) is -2.11. The van der Waals surface area contributed by atoms with E-state index in [4.69, 9.17) is 5.73 Å². The van der Waals surface area contributed by atoms with Gasteiger partial charge in [-0.25, -0.2) is 13.2 Å². The lowest BCUT2D eigenvalue weighted by Crippen LogP contribution is -2.09. The van der Waals surface area contributed by atoms with E-state index in [2.05, 4.69) is 10.2 Å². The predicted molar refractivity (Wildman–Crippen MR) is 82.5 cm³/mol.